The van der Waals surface area contributed by atoms with Gasteiger partial charge in [-0.15, -0.1) is 0 Å². The lowest BCUT2D eigenvalue weighted by Crippen LogP contribution is -2.48. The standard InChI is InChI=1S/C26H39N3O2/c1-6-25(30)27-17-24(21-10-8-7-9-11-21)29-26(31)15-12-20(5)28-23-14-13-22(18(2)3)16-19(23)4/h6,13-14,16,18,21,24H,1,7-12,15,17H2,2-5H3,(H,27,30)(H,29,31)/t24-/m1/s1. The van der Waals surface area contributed by atoms with Crippen LogP contribution in [0.15, 0.2) is 35.8 Å². The number of aliphatic imine (C=N–C) groups is 1. The Morgan fingerprint density at radius 3 is 2.52 bits per heavy atom. The molecule has 2 amide bonds. The predicted octanol–water partition coefficient (Wildman–Crippen LogP) is 5.36. The van der Waals surface area contributed by atoms with Crippen molar-refractivity contribution in [3.05, 3.63) is 42.0 Å². The Morgan fingerprint density at radius 1 is 1.19 bits per heavy atom. The maximum absolute atomic E-state index is 12.7. The second-order valence-corrected chi connectivity index (χ2v) is 9.07. The second kappa shape index (κ2) is 12.4. The number of hydrogen-bond acceptors (Lipinski definition) is 3. The molecule has 1 atom stereocenters. The van der Waals surface area contributed by atoms with E-state index in [2.05, 4.69) is 56.2 Å². The van der Waals surface area contributed by atoms with Crippen LogP contribution in [0.3, 0.4) is 0 Å². The summed E-state index contributed by atoms with van der Waals surface area (Å²) in [6.45, 7) is 12.4. The van der Waals surface area contributed by atoms with Gasteiger partial charge in [-0.05, 0) is 68.2 Å². The van der Waals surface area contributed by atoms with Crippen LogP contribution in [0.4, 0.5) is 5.69 Å². The van der Waals surface area contributed by atoms with Crippen LogP contribution in [-0.2, 0) is 9.59 Å². The van der Waals surface area contributed by atoms with E-state index in [4.69, 9.17) is 4.99 Å². The summed E-state index contributed by atoms with van der Waals surface area (Å²) >= 11 is 0. The van der Waals surface area contributed by atoms with Crippen molar-refractivity contribution in [1.82, 2.24) is 10.6 Å². The molecule has 0 aromatic heterocycles. The van der Waals surface area contributed by atoms with Gasteiger partial charge in [-0.3, -0.25) is 14.6 Å². The van der Waals surface area contributed by atoms with Crippen LogP contribution < -0.4 is 10.6 Å². The van der Waals surface area contributed by atoms with Gasteiger partial charge in [-0.25, -0.2) is 0 Å². The topological polar surface area (TPSA) is 70.6 Å². The van der Waals surface area contributed by atoms with Gasteiger partial charge in [0.1, 0.15) is 0 Å². The van der Waals surface area contributed by atoms with E-state index in [0.717, 1.165) is 29.8 Å². The first-order valence-corrected chi connectivity index (χ1v) is 11.6. The molecule has 1 aliphatic rings. The average molecular weight is 426 g/mol. The molecule has 1 fully saturated rings. The predicted molar refractivity (Wildman–Crippen MR) is 129 cm³/mol. The van der Waals surface area contributed by atoms with Crippen LogP contribution in [-0.4, -0.2) is 30.1 Å². The summed E-state index contributed by atoms with van der Waals surface area (Å²) in [4.78, 5) is 29.0. The maximum Gasteiger partial charge on any atom is 0.243 e. The number of hydrogen-bond donors (Lipinski definition) is 2. The van der Waals surface area contributed by atoms with Crippen molar-refractivity contribution in [2.45, 2.75) is 84.6 Å². The summed E-state index contributed by atoms with van der Waals surface area (Å²) in [6.07, 6.45) is 8.12. The van der Waals surface area contributed by atoms with Crippen LogP contribution in [0.1, 0.15) is 82.8 Å². The van der Waals surface area contributed by atoms with E-state index < -0.39 is 0 Å². The number of amides is 2. The normalized spacial score (nSPS) is 16.1. The highest BCUT2D eigenvalue weighted by Gasteiger charge is 2.25. The summed E-state index contributed by atoms with van der Waals surface area (Å²) in [7, 11) is 0. The van der Waals surface area contributed by atoms with Crippen molar-refractivity contribution in [2.24, 2.45) is 10.9 Å². The van der Waals surface area contributed by atoms with Crippen molar-refractivity contribution in [3.63, 3.8) is 0 Å². The highest BCUT2D eigenvalue weighted by Crippen LogP contribution is 2.27. The Balaban J connectivity index is 1.93. The van der Waals surface area contributed by atoms with Gasteiger partial charge in [-0.2, -0.15) is 0 Å². The number of aryl methyl sites for hydroxylation is 1. The lowest BCUT2D eigenvalue weighted by atomic mass is 9.83. The Morgan fingerprint density at radius 2 is 1.90 bits per heavy atom. The third kappa shape index (κ3) is 8.31. The number of rotatable bonds is 10. The van der Waals surface area contributed by atoms with Crippen LogP contribution in [0.25, 0.3) is 0 Å². The van der Waals surface area contributed by atoms with Crippen LogP contribution in [0.2, 0.25) is 0 Å². The fourth-order valence-electron chi connectivity index (χ4n) is 4.15. The highest BCUT2D eigenvalue weighted by molar-refractivity contribution is 5.89. The molecule has 0 saturated heterocycles. The minimum absolute atomic E-state index is 0.0184. The molecule has 1 aromatic rings. The fourth-order valence-corrected chi connectivity index (χ4v) is 4.15. The molecular formula is C26H39N3O2. The summed E-state index contributed by atoms with van der Waals surface area (Å²) < 4.78 is 0. The first-order valence-electron chi connectivity index (χ1n) is 11.6. The third-order valence-corrected chi connectivity index (χ3v) is 6.16. The molecule has 0 unspecified atom stereocenters. The zero-order valence-electron chi connectivity index (χ0n) is 19.7. The second-order valence-electron chi connectivity index (χ2n) is 9.07. The van der Waals surface area contributed by atoms with Crippen molar-refractivity contribution in [2.75, 3.05) is 6.54 Å². The summed E-state index contributed by atoms with van der Waals surface area (Å²) in [5.41, 5.74) is 4.38. The van der Waals surface area contributed by atoms with Gasteiger partial charge in [0.15, 0.2) is 0 Å². The highest BCUT2D eigenvalue weighted by atomic mass is 16.2. The van der Waals surface area contributed by atoms with E-state index in [1.54, 1.807) is 0 Å². The first kappa shape index (κ1) is 24.8. The molecule has 2 rings (SSSR count). The Labute approximate surface area is 187 Å². The molecule has 0 radical (unpaired) electrons. The minimum Gasteiger partial charge on any atom is -0.351 e. The van der Waals surface area contributed by atoms with Crippen molar-refractivity contribution in [3.8, 4) is 0 Å². The van der Waals surface area contributed by atoms with Gasteiger partial charge in [-0.1, -0.05) is 51.8 Å². The van der Waals surface area contributed by atoms with Gasteiger partial charge in [0.05, 0.1) is 5.69 Å². The summed E-state index contributed by atoms with van der Waals surface area (Å²) in [5, 5.41) is 6.03. The molecule has 0 spiro atoms. The van der Waals surface area contributed by atoms with E-state index in [1.807, 2.05) is 6.92 Å². The molecule has 0 heterocycles. The first-order chi connectivity index (χ1) is 14.8. The molecule has 2 N–H and O–H groups in total. The molecule has 1 aliphatic carbocycles. The molecule has 1 aromatic carbocycles. The number of carbonyl (C=O) groups excluding carboxylic acids is 2. The lowest BCUT2D eigenvalue weighted by Gasteiger charge is -2.31. The molecule has 5 heteroatoms. The summed E-state index contributed by atoms with van der Waals surface area (Å²) in [5.74, 6) is 0.733. The van der Waals surface area contributed by atoms with Gasteiger partial charge < -0.3 is 10.6 Å². The van der Waals surface area contributed by atoms with Gasteiger partial charge in [0, 0.05) is 24.7 Å². The van der Waals surface area contributed by atoms with Crippen molar-refractivity contribution in [1.29, 1.82) is 0 Å². The monoisotopic (exact) mass is 425 g/mol. The van der Waals surface area contributed by atoms with Gasteiger partial charge >= 0.3 is 0 Å². The van der Waals surface area contributed by atoms with Crippen LogP contribution in [0, 0.1) is 12.8 Å². The van der Waals surface area contributed by atoms with E-state index in [0.29, 0.717) is 31.2 Å². The Hall–Kier alpha value is -2.43. The van der Waals surface area contributed by atoms with Crippen molar-refractivity contribution >= 4 is 23.2 Å². The molecule has 0 aliphatic heterocycles. The van der Waals surface area contributed by atoms with Gasteiger partial charge in [0.2, 0.25) is 11.8 Å². The molecular weight excluding hydrogens is 386 g/mol. The third-order valence-electron chi connectivity index (χ3n) is 6.16. The SMILES string of the molecule is C=CC(=O)NC[C@@H](NC(=O)CCC(C)=Nc1ccc(C(C)C)cc1C)C1CCCCC1. The molecule has 5 nitrogen and oxygen atoms in total. The zero-order valence-corrected chi connectivity index (χ0v) is 19.7. The fraction of sp³-hybridized carbons (Fsp3) is 0.577. The molecule has 31 heavy (non-hydrogen) atoms. The van der Waals surface area contributed by atoms with Crippen molar-refractivity contribution < 1.29 is 9.59 Å². The smallest absolute Gasteiger partial charge is 0.243 e. The minimum atomic E-state index is -0.197. The quantitative estimate of drug-likeness (QED) is 0.391. The number of nitrogens with one attached hydrogen (secondary N) is 2. The number of nitrogens with zero attached hydrogens (tertiary/aromatic N) is 1. The average Bonchev–Trinajstić information content (AvgIpc) is 2.76. The van der Waals surface area contributed by atoms with E-state index in [-0.39, 0.29) is 17.9 Å². The zero-order chi connectivity index (χ0) is 22.8. The van der Waals surface area contributed by atoms with E-state index in [1.165, 1.54) is 30.9 Å². The number of benzene rings is 1. The van der Waals surface area contributed by atoms with E-state index in [9.17, 15) is 9.59 Å². The Kier molecular flexibility index (Phi) is 9.96. The molecule has 1 saturated carbocycles. The maximum atomic E-state index is 12.7. The summed E-state index contributed by atoms with van der Waals surface area (Å²) in [6, 6.07) is 6.36. The van der Waals surface area contributed by atoms with E-state index >= 15 is 0 Å². The Bertz CT molecular complexity index is 792. The largest absolute Gasteiger partial charge is 0.351 e. The molecule has 0 bridgehead atoms. The molecule has 170 valence electrons. The van der Waals surface area contributed by atoms with Gasteiger partial charge in [0.25, 0.3) is 0 Å². The lowest BCUT2D eigenvalue weighted by molar-refractivity contribution is -0.122. The van der Waals surface area contributed by atoms with Crippen LogP contribution >= 0.6 is 0 Å². The van der Waals surface area contributed by atoms with Crippen LogP contribution in [0.5, 0.6) is 0 Å². The number of carbonyl (C=O) groups is 2.